The minimum Gasteiger partial charge on any atom is -0.497 e. The van der Waals surface area contributed by atoms with Crippen LogP contribution in [0.25, 0.3) is 0 Å². The Balaban J connectivity index is 2.13. The van der Waals surface area contributed by atoms with Crippen LogP contribution in [0.15, 0.2) is 77.7 Å². The number of ether oxygens (including phenoxy) is 2. The van der Waals surface area contributed by atoms with E-state index in [2.05, 4.69) is 0 Å². The number of anilines is 1. The fraction of sp³-hybridized carbons (Fsp3) is 0.143. The average Bonchev–Trinajstić information content (AvgIpc) is 2.72. The second kappa shape index (κ2) is 8.31. The van der Waals surface area contributed by atoms with Crippen LogP contribution in [0.5, 0.6) is 11.5 Å². The maximum Gasteiger partial charge on any atom is 0.264 e. The molecule has 7 heteroatoms. The van der Waals surface area contributed by atoms with Crippen LogP contribution in [-0.4, -0.2) is 22.6 Å². The Kier molecular flexibility index (Phi) is 5.84. The summed E-state index contributed by atoms with van der Waals surface area (Å²) in [6, 6.07) is 18.9. The van der Waals surface area contributed by atoms with Crippen molar-refractivity contribution in [3.63, 3.8) is 0 Å². The number of hydrogen-bond donors (Lipinski definition) is 0. The molecule has 0 saturated heterocycles. The molecular formula is C21H20FNO4S. The van der Waals surface area contributed by atoms with Gasteiger partial charge in [0.05, 0.1) is 31.3 Å². The maximum absolute atomic E-state index is 13.4. The fourth-order valence-corrected chi connectivity index (χ4v) is 4.17. The second-order valence-corrected chi connectivity index (χ2v) is 7.88. The van der Waals surface area contributed by atoms with Crippen molar-refractivity contribution in [3.05, 3.63) is 84.2 Å². The topological polar surface area (TPSA) is 55.8 Å². The molecule has 5 nitrogen and oxygen atoms in total. The number of nitrogens with zero attached hydrogens (tertiary/aromatic N) is 1. The average molecular weight is 401 g/mol. The van der Waals surface area contributed by atoms with Crippen molar-refractivity contribution in [2.24, 2.45) is 0 Å². The van der Waals surface area contributed by atoms with Crippen LogP contribution in [0.4, 0.5) is 10.1 Å². The Hall–Kier alpha value is -3.06. The zero-order chi connectivity index (χ0) is 20.1. The Morgan fingerprint density at radius 3 is 1.96 bits per heavy atom. The van der Waals surface area contributed by atoms with Crippen molar-refractivity contribution < 1.29 is 22.3 Å². The van der Waals surface area contributed by atoms with Crippen LogP contribution in [0.1, 0.15) is 5.56 Å². The van der Waals surface area contributed by atoms with E-state index in [9.17, 15) is 12.8 Å². The Labute approximate surface area is 164 Å². The molecule has 0 aliphatic rings. The largest absolute Gasteiger partial charge is 0.497 e. The predicted molar refractivity (Wildman–Crippen MR) is 106 cm³/mol. The minimum atomic E-state index is -3.96. The van der Waals surface area contributed by atoms with Crippen molar-refractivity contribution in [2.75, 3.05) is 18.5 Å². The molecule has 0 spiro atoms. The first-order valence-corrected chi connectivity index (χ1v) is 9.93. The molecule has 0 bridgehead atoms. The van der Waals surface area contributed by atoms with Gasteiger partial charge in [-0.05, 0) is 29.8 Å². The zero-order valence-corrected chi connectivity index (χ0v) is 16.3. The molecule has 0 aromatic heterocycles. The van der Waals surface area contributed by atoms with Gasteiger partial charge in [-0.3, -0.25) is 4.31 Å². The van der Waals surface area contributed by atoms with E-state index in [0.717, 1.165) is 17.7 Å². The molecule has 0 amide bonds. The quantitative estimate of drug-likeness (QED) is 0.594. The van der Waals surface area contributed by atoms with Crippen LogP contribution in [0, 0.1) is 5.82 Å². The summed E-state index contributed by atoms with van der Waals surface area (Å²) in [5.41, 5.74) is 1.18. The molecule has 0 heterocycles. The maximum atomic E-state index is 13.4. The highest BCUT2D eigenvalue weighted by molar-refractivity contribution is 7.92. The van der Waals surface area contributed by atoms with Crippen LogP contribution in [0.2, 0.25) is 0 Å². The summed E-state index contributed by atoms with van der Waals surface area (Å²) in [6.07, 6.45) is 0. The summed E-state index contributed by atoms with van der Waals surface area (Å²) in [7, 11) is -0.974. The monoisotopic (exact) mass is 401 g/mol. The molecule has 0 N–H and O–H groups in total. The number of methoxy groups -OCH3 is 2. The highest BCUT2D eigenvalue weighted by Crippen LogP contribution is 2.33. The highest BCUT2D eigenvalue weighted by Gasteiger charge is 2.26. The molecule has 3 rings (SSSR count). The van der Waals surface area contributed by atoms with Gasteiger partial charge in [0.15, 0.2) is 0 Å². The third-order valence-corrected chi connectivity index (χ3v) is 5.98. The number of benzene rings is 3. The molecule has 0 aliphatic heterocycles. The van der Waals surface area contributed by atoms with Gasteiger partial charge in [-0.15, -0.1) is 0 Å². The summed E-state index contributed by atoms with van der Waals surface area (Å²) >= 11 is 0. The lowest BCUT2D eigenvalue weighted by molar-refractivity contribution is 0.394. The van der Waals surface area contributed by atoms with Gasteiger partial charge in [0.25, 0.3) is 10.0 Å². The van der Waals surface area contributed by atoms with Crippen molar-refractivity contribution >= 4 is 15.7 Å². The van der Waals surface area contributed by atoms with Crippen LogP contribution < -0.4 is 13.8 Å². The third kappa shape index (κ3) is 4.26. The molecular weight excluding hydrogens is 381 g/mol. The molecule has 146 valence electrons. The van der Waals surface area contributed by atoms with E-state index < -0.39 is 15.8 Å². The number of rotatable bonds is 7. The van der Waals surface area contributed by atoms with Gasteiger partial charge in [0, 0.05) is 18.2 Å². The summed E-state index contributed by atoms with van der Waals surface area (Å²) in [5.74, 6) is 0.417. The SMILES string of the molecule is COc1cc(OC)cc(N(Cc2ccccc2)S(=O)(=O)c2ccc(F)cc2)c1. The fourth-order valence-electron chi connectivity index (χ4n) is 2.73. The van der Waals surface area contributed by atoms with Crippen LogP contribution in [0.3, 0.4) is 0 Å². The third-order valence-electron chi connectivity index (χ3n) is 4.19. The van der Waals surface area contributed by atoms with Gasteiger partial charge in [0.2, 0.25) is 0 Å². The van der Waals surface area contributed by atoms with E-state index in [-0.39, 0.29) is 11.4 Å². The molecule has 0 aliphatic carbocycles. The van der Waals surface area contributed by atoms with Crippen molar-refractivity contribution in [1.82, 2.24) is 0 Å². The smallest absolute Gasteiger partial charge is 0.264 e. The van der Waals surface area contributed by atoms with Gasteiger partial charge < -0.3 is 9.47 Å². The van der Waals surface area contributed by atoms with Gasteiger partial charge in [-0.1, -0.05) is 30.3 Å². The predicted octanol–water partition coefficient (Wildman–Crippen LogP) is 4.24. The van der Waals surface area contributed by atoms with Crippen LogP contribution >= 0.6 is 0 Å². The lowest BCUT2D eigenvalue weighted by Gasteiger charge is -2.25. The Bertz CT molecular complexity index is 1020. The standard InChI is InChI=1S/C21H20FNO4S/c1-26-19-12-18(13-20(14-19)27-2)23(15-16-6-4-3-5-7-16)28(24,25)21-10-8-17(22)9-11-21/h3-14H,15H2,1-2H3. The van der Waals surface area contributed by atoms with Gasteiger partial charge in [-0.25, -0.2) is 12.8 Å². The van der Waals surface area contributed by atoms with E-state index in [1.165, 1.54) is 30.7 Å². The second-order valence-electron chi connectivity index (χ2n) is 6.02. The summed E-state index contributed by atoms with van der Waals surface area (Å²) in [4.78, 5) is -0.00776. The molecule has 0 fully saturated rings. The summed E-state index contributed by atoms with van der Waals surface area (Å²) in [6.45, 7) is 0.0941. The van der Waals surface area contributed by atoms with Crippen molar-refractivity contribution in [3.8, 4) is 11.5 Å². The summed E-state index contributed by atoms with van der Waals surface area (Å²) < 4.78 is 51.9. The lowest BCUT2D eigenvalue weighted by atomic mass is 10.2. The summed E-state index contributed by atoms with van der Waals surface area (Å²) in [5, 5.41) is 0. The van der Waals surface area contributed by atoms with Crippen molar-refractivity contribution in [1.29, 1.82) is 0 Å². The van der Waals surface area contributed by atoms with E-state index in [1.807, 2.05) is 30.3 Å². The molecule has 28 heavy (non-hydrogen) atoms. The first-order valence-electron chi connectivity index (χ1n) is 8.49. The Morgan fingerprint density at radius 1 is 0.857 bits per heavy atom. The molecule has 0 saturated carbocycles. The Morgan fingerprint density at radius 2 is 1.43 bits per heavy atom. The van der Waals surface area contributed by atoms with E-state index in [1.54, 1.807) is 18.2 Å². The van der Waals surface area contributed by atoms with Crippen LogP contribution in [-0.2, 0) is 16.6 Å². The van der Waals surface area contributed by atoms with E-state index >= 15 is 0 Å². The van der Waals surface area contributed by atoms with Gasteiger partial charge in [-0.2, -0.15) is 0 Å². The van der Waals surface area contributed by atoms with E-state index in [0.29, 0.717) is 17.2 Å². The molecule has 0 unspecified atom stereocenters. The normalized spacial score (nSPS) is 11.1. The molecule has 0 radical (unpaired) electrons. The minimum absolute atomic E-state index is 0.00776. The van der Waals surface area contributed by atoms with E-state index in [4.69, 9.17) is 9.47 Å². The highest BCUT2D eigenvalue weighted by atomic mass is 32.2. The number of sulfonamides is 1. The first kappa shape index (κ1) is 19.7. The van der Waals surface area contributed by atoms with Gasteiger partial charge >= 0.3 is 0 Å². The molecule has 3 aromatic rings. The number of halogens is 1. The van der Waals surface area contributed by atoms with Gasteiger partial charge in [0.1, 0.15) is 17.3 Å². The first-order chi connectivity index (χ1) is 13.4. The lowest BCUT2D eigenvalue weighted by Crippen LogP contribution is -2.30. The van der Waals surface area contributed by atoms with Crippen molar-refractivity contribution in [2.45, 2.75) is 11.4 Å². The number of hydrogen-bond acceptors (Lipinski definition) is 4. The zero-order valence-electron chi connectivity index (χ0n) is 15.5. The molecule has 0 atom stereocenters. The molecule has 3 aromatic carbocycles.